The number of aromatic nitrogens is 2. The highest BCUT2D eigenvalue weighted by Gasteiger charge is 2.26. The predicted octanol–water partition coefficient (Wildman–Crippen LogP) is 3.08. The molecule has 1 aromatic carbocycles. The van der Waals surface area contributed by atoms with Gasteiger partial charge in [-0.2, -0.15) is 0 Å². The van der Waals surface area contributed by atoms with Crippen LogP contribution in [0, 0.1) is 0 Å². The highest BCUT2D eigenvalue weighted by Crippen LogP contribution is 2.46. The summed E-state index contributed by atoms with van der Waals surface area (Å²) in [5, 5.41) is 14.8. The Balaban J connectivity index is 1.65. The van der Waals surface area contributed by atoms with Crippen molar-refractivity contribution >= 4 is 23.1 Å². The maximum absolute atomic E-state index is 4.38. The van der Waals surface area contributed by atoms with Crippen LogP contribution in [0.15, 0.2) is 29.2 Å². The first kappa shape index (κ1) is 13.1. The third-order valence-electron chi connectivity index (χ3n) is 3.17. The quantitative estimate of drug-likeness (QED) is 0.859. The predicted molar refractivity (Wildman–Crippen MR) is 80.9 cm³/mol. The van der Waals surface area contributed by atoms with Crippen LogP contribution in [0.1, 0.15) is 27.8 Å². The standard InChI is InChI=1S/C14H17N3S2/c1-2-15-8-7-13-16-17-14(19-13)12-9-10-5-3-4-6-11(10)18-12/h3-6,12,15H,2,7-9H2,1H3. The Morgan fingerprint density at radius 2 is 2.21 bits per heavy atom. The van der Waals surface area contributed by atoms with Crippen molar-refractivity contribution in [1.29, 1.82) is 0 Å². The molecule has 5 heteroatoms. The van der Waals surface area contributed by atoms with Gasteiger partial charge in [0.25, 0.3) is 0 Å². The molecule has 19 heavy (non-hydrogen) atoms. The first-order valence-electron chi connectivity index (χ1n) is 6.64. The molecule has 0 saturated heterocycles. The van der Waals surface area contributed by atoms with E-state index in [9.17, 15) is 0 Å². The normalized spacial score (nSPS) is 17.6. The summed E-state index contributed by atoms with van der Waals surface area (Å²) in [5.41, 5.74) is 1.45. The second kappa shape index (κ2) is 6.03. The van der Waals surface area contributed by atoms with E-state index in [1.54, 1.807) is 11.3 Å². The number of thioether (sulfide) groups is 1. The lowest BCUT2D eigenvalue weighted by Gasteiger charge is -2.01. The fraction of sp³-hybridized carbons (Fsp3) is 0.429. The molecule has 3 nitrogen and oxygen atoms in total. The second-order valence-corrected chi connectivity index (χ2v) is 6.89. The summed E-state index contributed by atoms with van der Waals surface area (Å²) in [6.45, 7) is 4.13. The Bertz CT molecular complexity index is 528. The van der Waals surface area contributed by atoms with Gasteiger partial charge in [-0.3, -0.25) is 0 Å². The molecule has 1 unspecified atom stereocenters. The van der Waals surface area contributed by atoms with Gasteiger partial charge in [0.05, 0.1) is 5.25 Å². The molecule has 0 saturated carbocycles. The average Bonchev–Trinajstić information content (AvgIpc) is 3.04. The van der Waals surface area contributed by atoms with Crippen molar-refractivity contribution in [3.8, 4) is 0 Å². The molecule has 1 N–H and O–H groups in total. The SMILES string of the molecule is CCNCCc1nnc(C2Cc3ccccc3S2)s1. The lowest BCUT2D eigenvalue weighted by Crippen LogP contribution is -2.15. The molecular weight excluding hydrogens is 274 g/mol. The largest absolute Gasteiger partial charge is 0.317 e. The van der Waals surface area contributed by atoms with Crippen LogP contribution in [0.2, 0.25) is 0 Å². The van der Waals surface area contributed by atoms with Gasteiger partial charge in [0.2, 0.25) is 0 Å². The number of benzene rings is 1. The minimum Gasteiger partial charge on any atom is -0.317 e. The van der Waals surface area contributed by atoms with Gasteiger partial charge in [0, 0.05) is 17.9 Å². The fourth-order valence-electron chi connectivity index (χ4n) is 2.19. The van der Waals surface area contributed by atoms with E-state index < -0.39 is 0 Å². The molecule has 2 aromatic rings. The number of hydrogen-bond donors (Lipinski definition) is 1. The van der Waals surface area contributed by atoms with Gasteiger partial charge >= 0.3 is 0 Å². The van der Waals surface area contributed by atoms with E-state index in [0.29, 0.717) is 5.25 Å². The molecule has 1 aliphatic rings. The summed E-state index contributed by atoms with van der Waals surface area (Å²) >= 11 is 3.69. The van der Waals surface area contributed by atoms with Crippen LogP contribution < -0.4 is 5.32 Å². The molecule has 0 bridgehead atoms. The summed E-state index contributed by atoms with van der Waals surface area (Å²) in [4.78, 5) is 1.40. The van der Waals surface area contributed by atoms with Gasteiger partial charge in [0.1, 0.15) is 10.0 Å². The highest BCUT2D eigenvalue weighted by molar-refractivity contribution is 8.00. The van der Waals surface area contributed by atoms with Crippen LogP contribution >= 0.6 is 23.1 Å². The molecule has 0 radical (unpaired) electrons. The van der Waals surface area contributed by atoms with Gasteiger partial charge in [0.15, 0.2) is 0 Å². The zero-order valence-corrected chi connectivity index (χ0v) is 12.6. The van der Waals surface area contributed by atoms with E-state index in [4.69, 9.17) is 0 Å². The number of nitrogens with one attached hydrogen (secondary N) is 1. The van der Waals surface area contributed by atoms with Crippen molar-refractivity contribution in [2.24, 2.45) is 0 Å². The Morgan fingerprint density at radius 3 is 3.05 bits per heavy atom. The van der Waals surface area contributed by atoms with Crippen LogP contribution in [-0.2, 0) is 12.8 Å². The number of rotatable bonds is 5. The maximum atomic E-state index is 4.38. The zero-order valence-electron chi connectivity index (χ0n) is 10.9. The van der Waals surface area contributed by atoms with Crippen molar-refractivity contribution in [3.63, 3.8) is 0 Å². The second-order valence-electron chi connectivity index (χ2n) is 4.56. The molecule has 0 fully saturated rings. The number of hydrogen-bond acceptors (Lipinski definition) is 5. The average molecular weight is 291 g/mol. The summed E-state index contributed by atoms with van der Waals surface area (Å²) in [7, 11) is 0. The number of nitrogens with zero attached hydrogens (tertiary/aromatic N) is 2. The third-order valence-corrected chi connectivity index (χ3v) is 5.74. The van der Waals surface area contributed by atoms with Crippen molar-refractivity contribution in [3.05, 3.63) is 39.8 Å². The first-order chi connectivity index (χ1) is 9.36. The summed E-state index contributed by atoms with van der Waals surface area (Å²) < 4.78 is 0. The van der Waals surface area contributed by atoms with E-state index in [-0.39, 0.29) is 0 Å². The lowest BCUT2D eigenvalue weighted by atomic mass is 10.1. The molecule has 0 aliphatic carbocycles. The van der Waals surface area contributed by atoms with Gasteiger partial charge < -0.3 is 5.32 Å². The molecule has 1 aromatic heterocycles. The monoisotopic (exact) mass is 291 g/mol. The van der Waals surface area contributed by atoms with Gasteiger partial charge in [-0.15, -0.1) is 33.3 Å². The van der Waals surface area contributed by atoms with Crippen molar-refractivity contribution < 1.29 is 0 Å². The van der Waals surface area contributed by atoms with Gasteiger partial charge in [-0.1, -0.05) is 25.1 Å². The third kappa shape index (κ3) is 2.99. The Labute approximate surface area is 121 Å². The summed E-state index contributed by atoms with van der Waals surface area (Å²) in [6, 6.07) is 8.64. The minimum absolute atomic E-state index is 0.461. The topological polar surface area (TPSA) is 37.8 Å². The van der Waals surface area contributed by atoms with E-state index in [1.807, 2.05) is 11.8 Å². The molecule has 1 atom stereocenters. The van der Waals surface area contributed by atoms with Gasteiger partial charge in [-0.25, -0.2) is 0 Å². The van der Waals surface area contributed by atoms with E-state index in [1.165, 1.54) is 15.5 Å². The first-order valence-corrected chi connectivity index (χ1v) is 8.34. The van der Waals surface area contributed by atoms with Crippen LogP contribution in [-0.4, -0.2) is 23.3 Å². The Kier molecular flexibility index (Phi) is 4.15. The van der Waals surface area contributed by atoms with Crippen LogP contribution in [0.5, 0.6) is 0 Å². The zero-order chi connectivity index (χ0) is 13.1. The van der Waals surface area contributed by atoms with E-state index >= 15 is 0 Å². The number of likely N-dealkylation sites (N-methyl/N-ethyl adjacent to an activating group) is 1. The molecule has 0 spiro atoms. The van der Waals surface area contributed by atoms with Gasteiger partial charge in [-0.05, 0) is 24.6 Å². The molecule has 100 valence electrons. The molecular formula is C14H17N3S2. The van der Waals surface area contributed by atoms with Crippen molar-refractivity contribution in [1.82, 2.24) is 15.5 Å². The molecule has 0 amide bonds. The van der Waals surface area contributed by atoms with Crippen molar-refractivity contribution in [2.75, 3.05) is 13.1 Å². The summed E-state index contributed by atoms with van der Waals surface area (Å²) in [6.07, 6.45) is 2.07. The smallest absolute Gasteiger partial charge is 0.131 e. The fourth-order valence-corrected chi connectivity index (χ4v) is 4.48. The maximum Gasteiger partial charge on any atom is 0.131 e. The van der Waals surface area contributed by atoms with Crippen molar-refractivity contribution in [2.45, 2.75) is 29.9 Å². The van der Waals surface area contributed by atoms with E-state index in [2.05, 4.69) is 46.7 Å². The molecule has 1 aliphatic heterocycles. The lowest BCUT2D eigenvalue weighted by molar-refractivity contribution is 0.709. The van der Waals surface area contributed by atoms with Crippen LogP contribution in [0.3, 0.4) is 0 Å². The Morgan fingerprint density at radius 1 is 1.32 bits per heavy atom. The van der Waals surface area contributed by atoms with E-state index in [0.717, 1.165) is 30.9 Å². The molecule has 2 heterocycles. The van der Waals surface area contributed by atoms with Crippen LogP contribution in [0.25, 0.3) is 0 Å². The Hall–Kier alpha value is -0.910. The highest BCUT2D eigenvalue weighted by atomic mass is 32.2. The van der Waals surface area contributed by atoms with Crippen LogP contribution in [0.4, 0.5) is 0 Å². The number of fused-ring (bicyclic) bond motifs is 1. The molecule has 3 rings (SSSR count). The minimum atomic E-state index is 0.461. The summed E-state index contributed by atoms with van der Waals surface area (Å²) in [5.74, 6) is 0.